The molecule has 0 atom stereocenters. The molecule has 1 aromatic heterocycles. The number of hydrogen-bond acceptors (Lipinski definition) is 2. The van der Waals surface area contributed by atoms with Gasteiger partial charge in [-0.05, 0) is 65.2 Å². The fraction of sp³-hybridized carbons (Fsp3) is 0.214. The molecule has 0 saturated heterocycles. The molecule has 0 aliphatic rings. The van der Waals surface area contributed by atoms with E-state index in [1.54, 1.807) is 0 Å². The monoisotopic (exact) mass is 290 g/mol. The van der Waals surface area contributed by atoms with Crippen LogP contribution in [0.2, 0.25) is 0 Å². The van der Waals surface area contributed by atoms with E-state index >= 15 is 0 Å². The topological polar surface area (TPSA) is 24.9 Å². The van der Waals surface area contributed by atoms with Crippen LogP contribution in [-0.4, -0.2) is 4.98 Å². The number of benzene rings is 1. The zero-order chi connectivity index (χ0) is 12.3. The first-order valence-electron chi connectivity index (χ1n) is 5.57. The van der Waals surface area contributed by atoms with E-state index in [-0.39, 0.29) is 0 Å². The Labute approximate surface area is 110 Å². The van der Waals surface area contributed by atoms with Gasteiger partial charge < -0.3 is 5.32 Å². The molecule has 0 radical (unpaired) electrons. The lowest BCUT2D eigenvalue weighted by Crippen LogP contribution is -2.02. The summed E-state index contributed by atoms with van der Waals surface area (Å²) in [5.41, 5.74) is 4.72. The molecule has 2 rings (SSSR count). The van der Waals surface area contributed by atoms with E-state index in [0.29, 0.717) is 0 Å². The summed E-state index contributed by atoms with van der Waals surface area (Å²) < 4.78 is 0.872. The normalized spacial score (nSPS) is 10.3. The average molecular weight is 291 g/mol. The van der Waals surface area contributed by atoms with E-state index in [1.807, 2.05) is 18.2 Å². The van der Waals surface area contributed by atoms with Crippen molar-refractivity contribution >= 4 is 21.6 Å². The van der Waals surface area contributed by atoms with E-state index < -0.39 is 0 Å². The van der Waals surface area contributed by atoms with E-state index in [4.69, 9.17) is 0 Å². The molecule has 1 heterocycles. The van der Waals surface area contributed by atoms with Crippen molar-refractivity contribution in [3.05, 3.63) is 57.8 Å². The summed E-state index contributed by atoms with van der Waals surface area (Å²) in [5, 5.41) is 3.39. The van der Waals surface area contributed by atoms with Crippen LogP contribution in [0.5, 0.6) is 0 Å². The Kier molecular flexibility index (Phi) is 3.79. The molecule has 0 amide bonds. The summed E-state index contributed by atoms with van der Waals surface area (Å²) in [6, 6.07) is 12.4. The summed E-state index contributed by atoms with van der Waals surface area (Å²) >= 11 is 3.37. The summed E-state index contributed by atoms with van der Waals surface area (Å²) in [6.07, 6.45) is 0. The number of nitrogens with zero attached hydrogens (tertiary/aromatic N) is 1. The lowest BCUT2D eigenvalue weighted by molar-refractivity contribution is 1.03. The highest BCUT2D eigenvalue weighted by atomic mass is 79.9. The van der Waals surface area contributed by atoms with Crippen LogP contribution in [0.3, 0.4) is 0 Å². The number of hydrogen-bond donors (Lipinski definition) is 1. The van der Waals surface area contributed by atoms with Gasteiger partial charge in [-0.3, -0.25) is 0 Å². The standard InChI is InChI=1S/C14H15BrN2/c1-10-6-11(2)8-13(7-10)16-9-12-4-3-5-14(15)17-12/h3-8,16H,9H2,1-2H3. The van der Waals surface area contributed by atoms with Gasteiger partial charge in [-0.25, -0.2) is 4.98 Å². The van der Waals surface area contributed by atoms with Gasteiger partial charge in [-0.15, -0.1) is 0 Å². The predicted molar refractivity (Wildman–Crippen MR) is 75.2 cm³/mol. The minimum atomic E-state index is 0.738. The van der Waals surface area contributed by atoms with Crippen molar-refractivity contribution in [2.45, 2.75) is 20.4 Å². The molecule has 1 N–H and O–H groups in total. The van der Waals surface area contributed by atoms with Crippen molar-refractivity contribution in [1.29, 1.82) is 0 Å². The molecule has 0 spiro atoms. The largest absolute Gasteiger partial charge is 0.379 e. The quantitative estimate of drug-likeness (QED) is 0.862. The lowest BCUT2D eigenvalue weighted by atomic mass is 10.1. The molecule has 0 aliphatic carbocycles. The van der Waals surface area contributed by atoms with Gasteiger partial charge in [-0.2, -0.15) is 0 Å². The Balaban J connectivity index is 2.07. The second kappa shape index (κ2) is 5.32. The van der Waals surface area contributed by atoms with E-state index in [0.717, 1.165) is 22.5 Å². The summed E-state index contributed by atoms with van der Waals surface area (Å²) in [4.78, 5) is 4.39. The Morgan fingerprint density at radius 2 is 1.82 bits per heavy atom. The van der Waals surface area contributed by atoms with Crippen LogP contribution >= 0.6 is 15.9 Å². The smallest absolute Gasteiger partial charge is 0.106 e. The van der Waals surface area contributed by atoms with Gasteiger partial charge in [0, 0.05) is 5.69 Å². The second-order valence-electron chi connectivity index (χ2n) is 4.18. The number of nitrogens with one attached hydrogen (secondary N) is 1. The molecule has 3 heteroatoms. The SMILES string of the molecule is Cc1cc(C)cc(NCc2cccc(Br)n2)c1. The minimum absolute atomic E-state index is 0.738. The molecule has 0 aliphatic heterocycles. The average Bonchev–Trinajstić information content (AvgIpc) is 2.25. The summed E-state index contributed by atoms with van der Waals surface area (Å²) in [7, 11) is 0. The first-order valence-corrected chi connectivity index (χ1v) is 6.36. The Bertz CT molecular complexity index is 503. The van der Waals surface area contributed by atoms with Gasteiger partial charge >= 0.3 is 0 Å². The number of pyridine rings is 1. The maximum absolute atomic E-state index is 4.39. The third kappa shape index (κ3) is 3.56. The molecular weight excluding hydrogens is 276 g/mol. The Morgan fingerprint density at radius 3 is 2.47 bits per heavy atom. The van der Waals surface area contributed by atoms with Crippen molar-refractivity contribution in [2.24, 2.45) is 0 Å². The summed E-state index contributed by atoms with van der Waals surface area (Å²) in [6.45, 7) is 4.95. The van der Waals surface area contributed by atoms with Crippen LogP contribution in [-0.2, 0) is 6.54 Å². The van der Waals surface area contributed by atoms with E-state index in [1.165, 1.54) is 11.1 Å². The number of aromatic nitrogens is 1. The highest BCUT2D eigenvalue weighted by Gasteiger charge is 1.98. The molecule has 88 valence electrons. The molecular formula is C14H15BrN2. The summed E-state index contributed by atoms with van der Waals surface area (Å²) in [5.74, 6) is 0. The van der Waals surface area contributed by atoms with Crippen molar-refractivity contribution < 1.29 is 0 Å². The molecule has 2 nitrogen and oxygen atoms in total. The third-order valence-electron chi connectivity index (χ3n) is 2.47. The van der Waals surface area contributed by atoms with Crippen molar-refractivity contribution in [3.8, 4) is 0 Å². The van der Waals surface area contributed by atoms with Gasteiger partial charge in [0.1, 0.15) is 4.60 Å². The van der Waals surface area contributed by atoms with Crippen LogP contribution in [0, 0.1) is 13.8 Å². The van der Waals surface area contributed by atoms with Crippen LogP contribution in [0.15, 0.2) is 41.0 Å². The maximum Gasteiger partial charge on any atom is 0.106 e. The zero-order valence-electron chi connectivity index (χ0n) is 10.00. The molecule has 0 fully saturated rings. The van der Waals surface area contributed by atoms with Crippen LogP contribution in [0.25, 0.3) is 0 Å². The van der Waals surface area contributed by atoms with Crippen LogP contribution in [0.4, 0.5) is 5.69 Å². The highest BCUT2D eigenvalue weighted by Crippen LogP contribution is 2.15. The number of anilines is 1. The maximum atomic E-state index is 4.39. The van der Waals surface area contributed by atoms with Gasteiger partial charge in [0.05, 0.1) is 12.2 Å². The van der Waals surface area contributed by atoms with Gasteiger partial charge in [-0.1, -0.05) is 12.1 Å². The predicted octanol–water partition coefficient (Wildman–Crippen LogP) is 4.07. The van der Waals surface area contributed by atoms with Crippen molar-refractivity contribution in [2.75, 3.05) is 5.32 Å². The fourth-order valence-electron chi connectivity index (χ4n) is 1.82. The molecule has 0 unspecified atom stereocenters. The van der Waals surface area contributed by atoms with E-state index in [9.17, 15) is 0 Å². The first kappa shape index (κ1) is 12.1. The van der Waals surface area contributed by atoms with Gasteiger partial charge in [0.15, 0.2) is 0 Å². The number of aryl methyl sites for hydroxylation is 2. The lowest BCUT2D eigenvalue weighted by Gasteiger charge is -2.08. The van der Waals surface area contributed by atoms with Crippen molar-refractivity contribution in [3.63, 3.8) is 0 Å². The van der Waals surface area contributed by atoms with Crippen molar-refractivity contribution in [1.82, 2.24) is 4.98 Å². The highest BCUT2D eigenvalue weighted by molar-refractivity contribution is 9.10. The molecule has 1 aromatic carbocycles. The molecule has 2 aromatic rings. The second-order valence-corrected chi connectivity index (χ2v) is 4.99. The van der Waals surface area contributed by atoms with E-state index in [2.05, 4.69) is 58.3 Å². The molecule has 0 saturated carbocycles. The Morgan fingerprint density at radius 1 is 1.12 bits per heavy atom. The molecule has 0 bridgehead atoms. The number of halogens is 1. The minimum Gasteiger partial charge on any atom is -0.379 e. The van der Waals surface area contributed by atoms with Gasteiger partial charge in [0.25, 0.3) is 0 Å². The van der Waals surface area contributed by atoms with Crippen LogP contribution in [0.1, 0.15) is 16.8 Å². The fourth-order valence-corrected chi connectivity index (χ4v) is 2.20. The first-order chi connectivity index (χ1) is 8.13. The zero-order valence-corrected chi connectivity index (χ0v) is 11.6. The van der Waals surface area contributed by atoms with Crippen LogP contribution < -0.4 is 5.32 Å². The third-order valence-corrected chi connectivity index (χ3v) is 2.91. The van der Waals surface area contributed by atoms with Gasteiger partial charge in [0.2, 0.25) is 0 Å². The Hall–Kier alpha value is -1.35. The number of rotatable bonds is 3. The molecule has 17 heavy (non-hydrogen) atoms.